The van der Waals surface area contributed by atoms with Gasteiger partial charge in [-0.3, -0.25) is 9.59 Å². The average Bonchev–Trinajstić information content (AvgIpc) is 2.62. The lowest BCUT2D eigenvalue weighted by molar-refractivity contribution is -0.132. The first-order valence-corrected chi connectivity index (χ1v) is 9.80. The SMILES string of the molecule is CN(C)CCCc1ccc2c(NC3CN(C(=O)CCl)C3)c(C#N)c(=O)[nH]c2c1. The van der Waals surface area contributed by atoms with Crippen LogP contribution in [0.3, 0.4) is 0 Å². The third kappa shape index (κ3) is 4.29. The number of likely N-dealkylation sites (tertiary alicyclic amines) is 1. The number of anilines is 1. The zero-order valence-corrected chi connectivity index (χ0v) is 16.8. The summed E-state index contributed by atoms with van der Waals surface area (Å²) in [5.74, 6) is -0.154. The van der Waals surface area contributed by atoms with Crippen LogP contribution in [0.2, 0.25) is 0 Å². The minimum atomic E-state index is -0.407. The fraction of sp³-hybridized carbons (Fsp3) is 0.450. The van der Waals surface area contributed by atoms with Crippen LogP contribution in [0.5, 0.6) is 0 Å². The second-order valence-corrected chi connectivity index (χ2v) is 7.64. The highest BCUT2D eigenvalue weighted by Crippen LogP contribution is 2.27. The van der Waals surface area contributed by atoms with E-state index in [4.69, 9.17) is 11.6 Å². The highest BCUT2D eigenvalue weighted by molar-refractivity contribution is 6.27. The van der Waals surface area contributed by atoms with Crippen LogP contribution < -0.4 is 10.9 Å². The van der Waals surface area contributed by atoms with Gasteiger partial charge in [0.05, 0.1) is 17.2 Å². The number of nitrogens with one attached hydrogen (secondary N) is 2. The molecule has 0 unspecified atom stereocenters. The van der Waals surface area contributed by atoms with Crippen LogP contribution in [0, 0.1) is 11.3 Å². The quantitative estimate of drug-likeness (QED) is 0.689. The van der Waals surface area contributed by atoms with Gasteiger partial charge >= 0.3 is 0 Å². The Morgan fingerprint density at radius 1 is 1.43 bits per heavy atom. The van der Waals surface area contributed by atoms with Gasteiger partial charge in [-0.2, -0.15) is 5.26 Å². The number of amides is 1. The Labute approximate surface area is 168 Å². The monoisotopic (exact) mass is 401 g/mol. The van der Waals surface area contributed by atoms with Gasteiger partial charge in [0.2, 0.25) is 5.91 Å². The maximum Gasteiger partial charge on any atom is 0.268 e. The van der Waals surface area contributed by atoms with E-state index < -0.39 is 5.56 Å². The smallest absolute Gasteiger partial charge is 0.268 e. The highest BCUT2D eigenvalue weighted by atomic mass is 35.5. The molecule has 8 heteroatoms. The van der Waals surface area contributed by atoms with E-state index in [2.05, 4.69) is 15.2 Å². The summed E-state index contributed by atoms with van der Waals surface area (Å²) in [6.45, 7) is 2.01. The molecule has 1 saturated heterocycles. The average molecular weight is 402 g/mol. The summed E-state index contributed by atoms with van der Waals surface area (Å²) in [5.41, 5.74) is 2.04. The molecule has 2 N–H and O–H groups in total. The van der Waals surface area contributed by atoms with Gasteiger partial charge in [-0.15, -0.1) is 11.6 Å². The predicted octanol–water partition coefficient (Wildman–Crippen LogP) is 1.76. The van der Waals surface area contributed by atoms with Crippen LogP contribution in [0.25, 0.3) is 10.9 Å². The first-order chi connectivity index (χ1) is 13.4. The molecule has 1 aliphatic heterocycles. The summed E-state index contributed by atoms with van der Waals surface area (Å²) in [4.78, 5) is 30.6. The maximum absolute atomic E-state index is 12.4. The fourth-order valence-electron chi connectivity index (χ4n) is 3.42. The van der Waals surface area contributed by atoms with E-state index in [0.717, 1.165) is 30.3 Å². The summed E-state index contributed by atoms with van der Waals surface area (Å²) >= 11 is 5.58. The number of aryl methyl sites for hydroxylation is 1. The van der Waals surface area contributed by atoms with E-state index in [1.165, 1.54) is 0 Å². The molecule has 0 aliphatic carbocycles. The molecule has 0 radical (unpaired) electrons. The number of rotatable bonds is 7. The van der Waals surface area contributed by atoms with E-state index in [9.17, 15) is 14.9 Å². The molecule has 1 fully saturated rings. The number of carbonyl (C=O) groups is 1. The number of pyridine rings is 1. The lowest BCUT2D eigenvalue weighted by atomic mass is 10.0. The van der Waals surface area contributed by atoms with E-state index in [1.54, 1.807) is 4.90 Å². The van der Waals surface area contributed by atoms with Gasteiger partial charge in [0, 0.05) is 18.5 Å². The number of aromatic amines is 1. The molecule has 0 spiro atoms. The van der Waals surface area contributed by atoms with Crippen LogP contribution in [0.15, 0.2) is 23.0 Å². The Morgan fingerprint density at radius 2 is 2.18 bits per heavy atom. The highest BCUT2D eigenvalue weighted by Gasteiger charge is 2.31. The van der Waals surface area contributed by atoms with Crippen molar-refractivity contribution in [2.75, 3.05) is 44.9 Å². The lowest BCUT2D eigenvalue weighted by Gasteiger charge is -2.40. The molecule has 3 rings (SSSR count). The molecule has 28 heavy (non-hydrogen) atoms. The van der Waals surface area contributed by atoms with Crippen molar-refractivity contribution >= 4 is 34.1 Å². The topological polar surface area (TPSA) is 92.2 Å². The zero-order chi connectivity index (χ0) is 20.3. The van der Waals surface area contributed by atoms with Crippen LogP contribution in [-0.2, 0) is 11.2 Å². The van der Waals surface area contributed by atoms with Gasteiger partial charge in [0.15, 0.2) is 0 Å². The van der Waals surface area contributed by atoms with Crippen molar-refractivity contribution in [3.63, 3.8) is 0 Å². The molecule has 0 atom stereocenters. The van der Waals surface area contributed by atoms with Gasteiger partial charge < -0.3 is 20.1 Å². The summed E-state index contributed by atoms with van der Waals surface area (Å²) in [5, 5.41) is 13.5. The van der Waals surface area contributed by atoms with Crippen LogP contribution in [0.1, 0.15) is 17.5 Å². The molecular formula is C20H24ClN5O2. The normalized spacial score (nSPS) is 14.2. The van der Waals surface area contributed by atoms with E-state index in [0.29, 0.717) is 24.3 Å². The minimum absolute atomic E-state index is 0.0102. The molecular weight excluding hydrogens is 378 g/mol. The van der Waals surface area contributed by atoms with Gasteiger partial charge in [0.25, 0.3) is 5.56 Å². The van der Waals surface area contributed by atoms with Crippen molar-refractivity contribution in [2.24, 2.45) is 0 Å². The fourth-order valence-corrected chi connectivity index (χ4v) is 3.59. The number of H-pyrrole nitrogens is 1. The number of carbonyl (C=O) groups excluding carboxylic acids is 1. The van der Waals surface area contributed by atoms with Crippen molar-refractivity contribution in [3.8, 4) is 6.07 Å². The lowest BCUT2D eigenvalue weighted by Crippen LogP contribution is -2.57. The number of aromatic nitrogens is 1. The molecule has 0 bridgehead atoms. The first-order valence-electron chi connectivity index (χ1n) is 9.27. The van der Waals surface area contributed by atoms with E-state index in [-0.39, 0.29) is 23.4 Å². The number of halogens is 1. The summed E-state index contributed by atoms with van der Waals surface area (Å²) in [6.07, 6.45) is 1.94. The molecule has 1 aromatic carbocycles. The van der Waals surface area contributed by atoms with Crippen molar-refractivity contribution in [3.05, 3.63) is 39.7 Å². The number of fused-ring (bicyclic) bond motifs is 1. The van der Waals surface area contributed by atoms with Crippen molar-refractivity contribution < 1.29 is 4.79 Å². The molecule has 2 heterocycles. The minimum Gasteiger partial charge on any atom is -0.377 e. The third-order valence-corrected chi connectivity index (χ3v) is 5.19. The number of alkyl halides is 1. The molecule has 1 aromatic heterocycles. The number of hydrogen-bond donors (Lipinski definition) is 2. The summed E-state index contributed by atoms with van der Waals surface area (Å²) < 4.78 is 0. The van der Waals surface area contributed by atoms with E-state index in [1.807, 2.05) is 38.4 Å². The van der Waals surface area contributed by atoms with Crippen LogP contribution in [0.4, 0.5) is 5.69 Å². The Bertz CT molecular complexity index is 973. The molecule has 2 aromatic rings. The molecule has 1 amide bonds. The van der Waals surface area contributed by atoms with Gasteiger partial charge in [0.1, 0.15) is 17.5 Å². The molecule has 148 valence electrons. The number of nitriles is 1. The van der Waals surface area contributed by atoms with Crippen LogP contribution >= 0.6 is 11.6 Å². The Balaban J connectivity index is 1.85. The Morgan fingerprint density at radius 3 is 2.82 bits per heavy atom. The van der Waals surface area contributed by atoms with Crippen molar-refractivity contribution in [1.82, 2.24) is 14.8 Å². The standard InChI is InChI=1S/C20H24ClN5O2/c1-25(2)7-3-4-13-5-6-15-17(8-13)24-20(28)16(10-22)19(15)23-14-11-26(12-14)18(27)9-21/h5-6,8,14H,3-4,7,9,11-12H2,1-2H3,(H2,23,24,28). The predicted molar refractivity (Wildman–Crippen MR) is 111 cm³/mol. The Hall–Kier alpha value is -2.56. The largest absolute Gasteiger partial charge is 0.377 e. The molecule has 0 saturated carbocycles. The van der Waals surface area contributed by atoms with E-state index >= 15 is 0 Å². The number of benzene rings is 1. The second-order valence-electron chi connectivity index (χ2n) is 7.38. The van der Waals surface area contributed by atoms with Gasteiger partial charge in [-0.05, 0) is 45.1 Å². The molecule has 1 aliphatic rings. The Kier molecular flexibility index (Phi) is 6.22. The third-order valence-electron chi connectivity index (χ3n) is 4.96. The zero-order valence-electron chi connectivity index (χ0n) is 16.1. The first kappa shape index (κ1) is 20.2. The van der Waals surface area contributed by atoms with Gasteiger partial charge in [-0.1, -0.05) is 12.1 Å². The summed E-state index contributed by atoms with van der Waals surface area (Å²) in [6, 6.07) is 7.95. The van der Waals surface area contributed by atoms with Crippen molar-refractivity contribution in [1.29, 1.82) is 5.26 Å². The van der Waals surface area contributed by atoms with Gasteiger partial charge in [-0.25, -0.2) is 0 Å². The number of hydrogen-bond acceptors (Lipinski definition) is 5. The maximum atomic E-state index is 12.4. The van der Waals surface area contributed by atoms with Crippen LogP contribution in [-0.4, -0.2) is 66.3 Å². The number of nitrogens with zero attached hydrogens (tertiary/aromatic N) is 3. The summed E-state index contributed by atoms with van der Waals surface area (Å²) in [7, 11) is 4.09. The van der Waals surface area contributed by atoms with Crippen molar-refractivity contribution in [2.45, 2.75) is 18.9 Å². The molecule has 7 nitrogen and oxygen atoms in total. The second kappa shape index (κ2) is 8.63.